The fourth-order valence-electron chi connectivity index (χ4n) is 1.99. The van der Waals surface area contributed by atoms with Gasteiger partial charge in [-0.25, -0.2) is 0 Å². The molecule has 0 spiro atoms. The van der Waals surface area contributed by atoms with Crippen LogP contribution in [0.5, 0.6) is 5.75 Å². The van der Waals surface area contributed by atoms with Crippen molar-refractivity contribution in [1.29, 1.82) is 0 Å². The first-order valence-corrected chi connectivity index (χ1v) is 6.21. The van der Waals surface area contributed by atoms with Crippen LogP contribution >= 0.6 is 11.6 Å². The van der Waals surface area contributed by atoms with E-state index in [1.54, 1.807) is 13.2 Å². The minimum Gasteiger partial charge on any atom is -0.495 e. The van der Waals surface area contributed by atoms with E-state index in [1.807, 2.05) is 13.0 Å². The highest BCUT2D eigenvalue weighted by atomic mass is 35.5. The molecule has 0 aliphatic heterocycles. The van der Waals surface area contributed by atoms with Crippen molar-refractivity contribution in [3.8, 4) is 5.75 Å². The zero-order valence-corrected chi connectivity index (χ0v) is 11.1. The number of nitrogens with one attached hydrogen (secondary N) is 1. The molecule has 5 heteroatoms. The van der Waals surface area contributed by atoms with E-state index in [2.05, 4.69) is 5.32 Å². The van der Waals surface area contributed by atoms with Crippen LogP contribution in [0.3, 0.4) is 0 Å². The summed E-state index contributed by atoms with van der Waals surface area (Å²) >= 11 is 6.02. The van der Waals surface area contributed by atoms with Crippen molar-refractivity contribution in [2.24, 2.45) is 11.8 Å². The smallest absolute Gasteiger partial charge is 0.306 e. The Hall–Kier alpha value is -1.42. The number of carboxylic acid groups (broad SMARTS) is 1. The maximum atomic E-state index is 10.7. The highest BCUT2D eigenvalue weighted by Crippen LogP contribution is 2.39. The number of aryl methyl sites for hydroxylation is 1. The van der Waals surface area contributed by atoms with E-state index < -0.39 is 5.97 Å². The van der Waals surface area contributed by atoms with E-state index >= 15 is 0 Å². The number of aliphatic carboxylic acids is 1. The number of carbonyl (C=O) groups is 1. The summed E-state index contributed by atoms with van der Waals surface area (Å²) in [4.78, 5) is 10.7. The van der Waals surface area contributed by atoms with Crippen LogP contribution in [-0.4, -0.2) is 24.7 Å². The normalized spacial score (nSPS) is 21.5. The van der Waals surface area contributed by atoms with Gasteiger partial charge in [-0.3, -0.25) is 4.79 Å². The van der Waals surface area contributed by atoms with Gasteiger partial charge < -0.3 is 15.2 Å². The van der Waals surface area contributed by atoms with Gasteiger partial charge in [0.1, 0.15) is 5.75 Å². The second-order valence-corrected chi connectivity index (χ2v) is 5.03. The number of hydrogen-bond acceptors (Lipinski definition) is 3. The second-order valence-electron chi connectivity index (χ2n) is 4.62. The molecule has 1 aromatic carbocycles. The highest BCUT2D eigenvalue weighted by Gasteiger charge is 2.42. The third-order valence-electron chi connectivity index (χ3n) is 3.28. The molecule has 1 saturated carbocycles. The second kappa shape index (κ2) is 5.06. The average Bonchev–Trinajstić information content (AvgIpc) is 3.09. The molecule has 2 unspecified atom stereocenters. The van der Waals surface area contributed by atoms with Gasteiger partial charge >= 0.3 is 5.97 Å². The van der Waals surface area contributed by atoms with Gasteiger partial charge in [0.25, 0.3) is 0 Å². The average molecular weight is 270 g/mol. The molecule has 1 aliphatic rings. The van der Waals surface area contributed by atoms with Crippen LogP contribution in [0.1, 0.15) is 12.0 Å². The summed E-state index contributed by atoms with van der Waals surface area (Å²) in [6.45, 7) is 2.57. The monoisotopic (exact) mass is 269 g/mol. The SMILES string of the molecule is COc1cc(Cl)c(C)cc1NCC1CC1C(=O)O. The van der Waals surface area contributed by atoms with Gasteiger partial charge in [-0.1, -0.05) is 11.6 Å². The van der Waals surface area contributed by atoms with Gasteiger partial charge in [0.2, 0.25) is 0 Å². The quantitative estimate of drug-likeness (QED) is 0.863. The van der Waals surface area contributed by atoms with E-state index in [0.717, 1.165) is 17.7 Å². The van der Waals surface area contributed by atoms with Crippen molar-refractivity contribution in [1.82, 2.24) is 0 Å². The molecule has 0 heterocycles. The molecule has 0 amide bonds. The third kappa shape index (κ3) is 2.70. The topological polar surface area (TPSA) is 58.6 Å². The molecule has 18 heavy (non-hydrogen) atoms. The maximum Gasteiger partial charge on any atom is 0.306 e. The van der Waals surface area contributed by atoms with Crippen LogP contribution in [0.2, 0.25) is 5.02 Å². The summed E-state index contributed by atoms with van der Waals surface area (Å²) in [6.07, 6.45) is 0.747. The summed E-state index contributed by atoms with van der Waals surface area (Å²) in [7, 11) is 1.59. The lowest BCUT2D eigenvalue weighted by atomic mass is 10.2. The van der Waals surface area contributed by atoms with Crippen LogP contribution in [0, 0.1) is 18.8 Å². The molecule has 98 valence electrons. The zero-order valence-electron chi connectivity index (χ0n) is 10.4. The lowest BCUT2D eigenvalue weighted by Crippen LogP contribution is -2.09. The molecule has 1 aliphatic carbocycles. The van der Waals surface area contributed by atoms with Crippen molar-refractivity contribution in [2.75, 3.05) is 19.0 Å². The summed E-state index contributed by atoms with van der Waals surface area (Å²) in [5.41, 5.74) is 1.82. The molecule has 0 bridgehead atoms. The molecular weight excluding hydrogens is 254 g/mol. The van der Waals surface area contributed by atoms with E-state index in [-0.39, 0.29) is 11.8 Å². The Morgan fingerprint density at radius 3 is 2.89 bits per heavy atom. The number of halogens is 1. The Morgan fingerprint density at radius 2 is 2.33 bits per heavy atom. The lowest BCUT2D eigenvalue weighted by Gasteiger charge is -2.12. The predicted octanol–water partition coefficient (Wildman–Crippen LogP) is 2.79. The Bertz CT molecular complexity index is 476. The number of carboxylic acids is 1. The van der Waals surface area contributed by atoms with Gasteiger partial charge in [0.15, 0.2) is 0 Å². The van der Waals surface area contributed by atoms with Gasteiger partial charge in [-0.05, 0) is 30.9 Å². The van der Waals surface area contributed by atoms with Crippen LogP contribution in [0.4, 0.5) is 5.69 Å². The standard InChI is InChI=1S/C13H16ClNO3/c1-7-3-11(12(18-2)5-10(7)14)15-6-8-4-9(8)13(16)17/h3,5,8-9,15H,4,6H2,1-2H3,(H,16,17). The van der Waals surface area contributed by atoms with Crippen LogP contribution < -0.4 is 10.1 Å². The first-order chi connectivity index (χ1) is 8.52. The number of ether oxygens (including phenoxy) is 1. The molecule has 0 saturated heterocycles. The molecule has 0 aromatic heterocycles. The summed E-state index contributed by atoms with van der Waals surface area (Å²) < 4.78 is 5.24. The lowest BCUT2D eigenvalue weighted by molar-refractivity contribution is -0.138. The van der Waals surface area contributed by atoms with Crippen molar-refractivity contribution in [3.05, 3.63) is 22.7 Å². The fraction of sp³-hybridized carbons (Fsp3) is 0.462. The Balaban J connectivity index is 2.01. The minimum absolute atomic E-state index is 0.197. The van der Waals surface area contributed by atoms with E-state index in [4.69, 9.17) is 21.4 Å². The first kappa shape index (κ1) is 13.0. The minimum atomic E-state index is -0.707. The van der Waals surface area contributed by atoms with Crippen molar-refractivity contribution < 1.29 is 14.6 Å². The molecule has 2 rings (SSSR count). The van der Waals surface area contributed by atoms with E-state index in [1.165, 1.54) is 0 Å². The molecule has 2 N–H and O–H groups in total. The maximum absolute atomic E-state index is 10.7. The fourth-order valence-corrected chi connectivity index (χ4v) is 2.14. The van der Waals surface area contributed by atoms with Gasteiger partial charge in [0.05, 0.1) is 18.7 Å². The third-order valence-corrected chi connectivity index (χ3v) is 3.68. The van der Waals surface area contributed by atoms with Crippen molar-refractivity contribution >= 4 is 23.3 Å². The van der Waals surface area contributed by atoms with Crippen LogP contribution in [-0.2, 0) is 4.79 Å². The van der Waals surface area contributed by atoms with Gasteiger partial charge in [-0.2, -0.15) is 0 Å². The van der Waals surface area contributed by atoms with E-state index in [0.29, 0.717) is 17.3 Å². The zero-order chi connectivity index (χ0) is 13.3. The largest absolute Gasteiger partial charge is 0.495 e. The summed E-state index contributed by atoms with van der Waals surface area (Å²) in [5.74, 6) is -0.0146. The highest BCUT2D eigenvalue weighted by molar-refractivity contribution is 6.31. The number of hydrogen-bond donors (Lipinski definition) is 2. The Labute approximate surface area is 111 Å². The summed E-state index contributed by atoms with van der Waals surface area (Å²) in [5, 5.41) is 12.7. The predicted molar refractivity (Wildman–Crippen MR) is 70.5 cm³/mol. The van der Waals surface area contributed by atoms with Gasteiger partial charge in [-0.15, -0.1) is 0 Å². The number of rotatable bonds is 5. The molecule has 4 nitrogen and oxygen atoms in total. The van der Waals surface area contributed by atoms with Crippen molar-refractivity contribution in [3.63, 3.8) is 0 Å². The van der Waals surface area contributed by atoms with Crippen LogP contribution in [0.15, 0.2) is 12.1 Å². The number of benzene rings is 1. The molecular formula is C13H16ClNO3. The number of anilines is 1. The Kier molecular flexibility index (Phi) is 3.66. The molecule has 0 radical (unpaired) electrons. The van der Waals surface area contributed by atoms with Gasteiger partial charge in [0, 0.05) is 17.6 Å². The number of methoxy groups -OCH3 is 1. The van der Waals surface area contributed by atoms with Crippen molar-refractivity contribution in [2.45, 2.75) is 13.3 Å². The molecule has 1 aromatic rings. The molecule has 2 atom stereocenters. The Morgan fingerprint density at radius 1 is 1.61 bits per heavy atom. The van der Waals surface area contributed by atoms with Crippen LogP contribution in [0.25, 0.3) is 0 Å². The summed E-state index contributed by atoms with van der Waals surface area (Å²) in [6, 6.07) is 3.68. The van der Waals surface area contributed by atoms with E-state index in [9.17, 15) is 4.79 Å². The first-order valence-electron chi connectivity index (χ1n) is 5.83. The molecule has 1 fully saturated rings.